The molecule has 0 aliphatic carbocycles. The van der Waals surface area contributed by atoms with E-state index in [-0.39, 0.29) is 11.5 Å². The molecule has 1 unspecified atom stereocenters. The van der Waals surface area contributed by atoms with Crippen LogP contribution in [0.5, 0.6) is 0 Å². The van der Waals surface area contributed by atoms with E-state index in [1.165, 1.54) is 16.7 Å². The van der Waals surface area contributed by atoms with Crippen LogP contribution >= 0.6 is 0 Å². The molecule has 1 aromatic heterocycles. The molecule has 0 saturated carbocycles. The van der Waals surface area contributed by atoms with Crippen LogP contribution in [0.4, 0.5) is 0 Å². The van der Waals surface area contributed by atoms with Crippen LogP contribution in [-0.2, 0) is 18.4 Å². The zero-order chi connectivity index (χ0) is 14.8. The Hall–Kier alpha value is -1.54. The first-order valence-corrected chi connectivity index (χ1v) is 7.34. The summed E-state index contributed by atoms with van der Waals surface area (Å²) in [5, 5.41) is 0. The molecule has 0 bridgehead atoms. The fourth-order valence-electron chi connectivity index (χ4n) is 2.40. The number of benzene rings is 1. The Bertz CT molecular complexity index is 542. The average molecular weight is 270 g/mol. The molecule has 0 aliphatic heterocycles. The Labute approximate surface area is 122 Å². The van der Waals surface area contributed by atoms with E-state index < -0.39 is 0 Å². The highest BCUT2D eigenvalue weighted by atomic mass is 14.9. The van der Waals surface area contributed by atoms with Crippen molar-refractivity contribution >= 4 is 0 Å². The molecule has 0 amide bonds. The largest absolute Gasteiger partial charge is 0.350 e. The van der Waals surface area contributed by atoms with Crippen molar-refractivity contribution in [1.82, 2.24) is 4.57 Å². The molecule has 0 saturated heterocycles. The number of aromatic nitrogens is 1. The van der Waals surface area contributed by atoms with Crippen LogP contribution < -0.4 is 5.73 Å². The van der Waals surface area contributed by atoms with Crippen LogP contribution in [0.25, 0.3) is 0 Å². The summed E-state index contributed by atoms with van der Waals surface area (Å²) in [6, 6.07) is 11.3. The highest BCUT2D eigenvalue weighted by molar-refractivity contribution is 5.28. The van der Waals surface area contributed by atoms with Crippen LogP contribution in [0.15, 0.2) is 42.7 Å². The van der Waals surface area contributed by atoms with Gasteiger partial charge in [-0.3, -0.25) is 0 Å². The Morgan fingerprint density at radius 3 is 2.25 bits per heavy atom. The summed E-state index contributed by atoms with van der Waals surface area (Å²) >= 11 is 0. The van der Waals surface area contributed by atoms with Gasteiger partial charge in [0.1, 0.15) is 0 Å². The SMILES string of the molecule is CC(N)Cc1ccn(Cc2ccc(C(C)(C)C)cc2)c1. The molecular formula is C18H26N2. The fourth-order valence-corrected chi connectivity index (χ4v) is 2.40. The minimum absolute atomic E-state index is 0.219. The van der Waals surface area contributed by atoms with Gasteiger partial charge in [0.25, 0.3) is 0 Å². The smallest absolute Gasteiger partial charge is 0.0470 e. The first-order chi connectivity index (χ1) is 9.34. The third kappa shape index (κ3) is 3.97. The van der Waals surface area contributed by atoms with Crippen molar-refractivity contribution < 1.29 is 0 Å². The maximum Gasteiger partial charge on any atom is 0.0470 e. The molecule has 2 heteroatoms. The van der Waals surface area contributed by atoms with E-state index in [1.54, 1.807) is 0 Å². The van der Waals surface area contributed by atoms with E-state index in [9.17, 15) is 0 Å². The van der Waals surface area contributed by atoms with Crippen molar-refractivity contribution in [1.29, 1.82) is 0 Å². The second kappa shape index (κ2) is 5.84. The van der Waals surface area contributed by atoms with Crippen LogP contribution in [0.3, 0.4) is 0 Å². The minimum atomic E-state index is 0.219. The number of hydrogen-bond donors (Lipinski definition) is 1. The molecule has 0 radical (unpaired) electrons. The van der Waals surface area contributed by atoms with Gasteiger partial charge in [-0.25, -0.2) is 0 Å². The summed E-state index contributed by atoms with van der Waals surface area (Å²) in [6.45, 7) is 9.70. The molecule has 1 atom stereocenters. The van der Waals surface area contributed by atoms with E-state index in [0.717, 1.165) is 13.0 Å². The van der Waals surface area contributed by atoms with Gasteiger partial charge in [-0.05, 0) is 41.5 Å². The van der Waals surface area contributed by atoms with Gasteiger partial charge < -0.3 is 10.3 Å². The molecule has 20 heavy (non-hydrogen) atoms. The number of rotatable bonds is 4. The molecule has 0 spiro atoms. The summed E-state index contributed by atoms with van der Waals surface area (Å²) < 4.78 is 2.23. The fraction of sp³-hybridized carbons (Fsp3) is 0.444. The highest BCUT2D eigenvalue weighted by Gasteiger charge is 2.12. The van der Waals surface area contributed by atoms with Crippen molar-refractivity contribution in [3.63, 3.8) is 0 Å². The summed E-state index contributed by atoms with van der Waals surface area (Å²) in [7, 11) is 0. The molecule has 2 rings (SSSR count). The maximum atomic E-state index is 5.83. The molecule has 108 valence electrons. The first kappa shape index (κ1) is 14.9. The van der Waals surface area contributed by atoms with E-state index in [4.69, 9.17) is 5.73 Å². The number of nitrogens with two attached hydrogens (primary N) is 1. The second-order valence-corrected chi connectivity index (χ2v) is 6.82. The van der Waals surface area contributed by atoms with Gasteiger partial charge in [0.2, 0.25) is 0 Å². The third-order valence-electron chi connectivity index (χ3n) is 3.55. The Balaban J connectivity index is 2.05. The van der Waals surface area contributed by atoms with Crippen LogP contribution in [0.1, 0.15) is 44.4 Å². The normalized spacial score (nSPS) is 13.4. The predicted octanol–water partition coefficient (Wildman–Crippen LogP) is 3.72. The van der Waals surface area contributed by atoms with Crippen molar-refractivity contribution in [2.45, 2.75) is 52.1 Å². The Morgan fingerprint density at radius 2 is 1.70 bits per heavy atom. The summed E-state index contributed by atoms with van der Waals surface area (Å²) in [4.78, 5) is 0. The van der Waals surface area contributed by atoms with Crippen molar-refractivity contribution in [2.24, 2.45) is 5.73 Å². The Morgan fingerprint density at radius 1 is 1.05 bits per heavy atom. The minimum Gasteiger partial charge on any atom is -0.350 e. The molecule has 0 fully saturated rings. The lowest BCUT2D eigenvalue weighted by molar-refractivity contribution is 0.590. The predicted molar refractivity (Wildman–Crippen MR) is 86.0 cm³/mol. The first-order valence-electron chi connectivity index (χ1n) is 7.34. The zero-order valence-electron chi connectivity index (χ0n) is 13.1. The van der Waals surface area contributed by atoms with E-state index in [0.29, 0.717) is 0 Å². The van der Waals surface area contributed by atoms with Gasteiger partial charge in [-0.1, -0.05) is 45.0 Å². The molecule has 2 nitrogen and oxygen atoms in total. The van der Waals surface area contributed by atoms with Crippen LogP contribution in [0, 0.1) is 0 Å². The number of hydrogen-bond acceptors (Lipinski definition) is 1. The highest BCUT2D eigenvalue weighted by Crippen LogP contribution is 2.22. The lowest BCUT2D eigenvalue weighted by Gasteiger charge is -2.19. The molecular weight excluding hydrogens is 244 g/mol. The molecule has 0 aliphatic rings. The van der Waals surface area contributed by atoms with E-state index in [1.807, 2.05) is 6.92 Å². The van der Waals surface area contributed by atoms with Crippen molar-refractivity contribution in [3.8, 4) is 0 Å². The Kier molecular flexibility index (Phi) is 4.34. The van der Waals surface area contributed by atoms with Gasteiger partial charge in [0.15, 0.2) is 0 Å². The maximum absolute atomic E-state index is 5.83. The molecule has 2 N–H and O–H groups in total. The van der Waals surface area contributed by atoms with Gasteiger partial charge in [0.05, 0.1) is 0 Å². The zero-order valence-corrected chi connectivity index (χ0v) is 13.1. The second-order valence-electron chi connectivity index (χ2n) is 6.82. The summed E-state index contributed by atoms with van der Waals surface area (Å²) in [5.74, 6) is 0. The van der Waals surface area contributed by atoms with Crippen LogP contribution in [0.2, 0.25) is 0 Å². The van der Waals surface area contributed by atoms with Crippen molar-refractivity contribution in [3.05, 3.63) is 59.4 Å². The monoisotopic (exact) mass is 270 g/mol. The summed E-state index contributed by atoms with van der Waals surface area (Å²) in [6.07, 6.45) is 5.27. The standard InChI is InChI=1S/C18H26N2/c1-14(19)11-16-9-10-20(13-16)12-15-5-7-17(8-6-15)18(2,3)4/h5-10,13-14H,11-12,19H2,1-4H3. The van der Waals surface area contributed by atoms with Crippen molar-refractivity contribution in [2.75, 3.05) is 0 Å². The summed E-state index contributed by atoms with van der Waals surface area (Å²) in [5.41, 5.74) is 10.1. The molecule has 2 aromatic rings. The topological polar surface area (TPSA) is 30.9 Å². The quantitative estimate of drug-likeness (QED) is 0.902. The molecule has 1 aromatic carbocycles. The van der Waals surface area contributed by atoms with E-state index >= 15 is 0 Å². The lowest BCUT2D eigenvalue weighted by atomic mass is 9.87. The van der Waals surface area contributed by atoms with Gasteiger partial charge >= 0.3 is 0 Å². The van der Waals surface area contributed by atoms with Crippen LogP contribution in [-0.4, -0.2) is 10.6 Å². The third-order valence-corrected chi connectivity index (χ3v) is 3.55. The molecule has 1 heterocycles. The van der Waals surface area contributed by atoms with Gasteiger partial charge in [-0.15, -0.1) is 0 Å². The lowest BCUT2D eigenvalue weighted by Crippen LogP contribution is -2.17. The van der Waals surface area contributed by atoms with E-state index in [2.05, 4.69) is 68.1 Å². The van der Waals surface area contributed by atoms with Gasteiger partial charge in [0, 0.05) is 25.0 Å². The average Bonchev–Trinajstić information content (AvgIpc) is 2.75. The van der Waals surface area contributed by atoms with Gasteiger partial charge in [-0.2, -0.15) is 0 Å². The number of nitrogens with zero attached hydrogens (tertiary/aromatic N) is 1.